The van der Waals surface area contributed by atoms with Gasteiger partial charge in [-0.3, -0.25) is 29.5 Å². The molecule has 2 saturated heterocycles. The third-order valence-electron chi connectivity index (χ3n) is 18.7. The molecule has 4 aliphatic rings. The van der Waals surface area contributed by atoms with Gasteiger partial charge >= 0.3 is 12.1 Å². The summed E-state index contributed by atoms with van der Waals surface area (Å²) >= 11 is 12.3. The summed E-state index contributed by atoms with van der Waals surface area (Å²) in [5.74, 6) is -2.20. The van der Waals surface area contributed by atoms with E-state index in [1.807, 2.05) is 92.6 Å². The van der Waals surface area contributed by atoms with Crippen LogP contribution in [-0.2, 0) is 76.6 Å². The molecule has 5 aromatic rings. The lowest BCUT2D eigenvalue weighted by Crippen LogP contribution is -2.63. The molecule has 2 fully saturated rings. The molecule has 0 radical (unpaired) electrons. The summed E-state index contributed by atoms with van der Waals surface area (Å²) < 4.78 is 43.8. The lowest BCUT2D eigenvalue weighted by atomic mass is 9.83. The number of carbonyl (C=O) groups is 6. The van der Waals surface area contributed by atoms with Crippen LogP contribution in [0.5, 0.6) is 0 Å². The van der Waals surface area contributed by atoms with Gasteiger partial charge in [-0.15, -0.1) is 0 Å². The number of benzene rings is 4. The van der Waals surface area contributed by atoms with Gasteiger partial charge in [-0.1, -0.05) is 115 Å². The molecule has 1 aromatic heterocycles. The fourth-order valence-electron chi connectivity index (χ4n) is 12.8. The molecule has 4 amide bonds. The van der Waals surface area contributed by atoms with E-state index in [1.54, 1.807) is 45.1 Å². The number of aliphatic hydroxyl groups is 1. The van der Waals surface area contributed by atoms with E-state index < -0.39 is 65.7 Å². The Morgan fingerprint density at radius 2 is 1.56 bits per heavy atom. The first kappa shape index (κ1) is 72.7. The predicted octanol–water partition coefficient (Wildman–Crippen LogP) is 8.69. The van der Waals surface area contributed by atoms with E-state index in [0.717, 1.165) is 55.6 Å². The number of fused-ring (bicyclic) bond motifs is 9. The molecule has 22 nitrogen and oxygen atoms in total. The molecule has 1 unspecified atom stereocenters. The predicted molar refractivity (Wildman–Crippen MR) is 369 cm³/mol. The second kappa shape index (κ2) is 32.6. The van der Waals surface area contributed by atoms with Crippen LogP contribution in [0.4, 0.5) is 10.5 Å². The number of para-hydroxylation sites is 1. The maximum absolute atomic E-state index is 14.4. The molecule has 0 saturated carbocycles. The number of rotatable bonds is 26. The van der Waals surface area contributed by atoms with Crippen LogP contribution < -0.4 is 20.9 Å². The molecule has 4 bridgehead atoms. The van der Waals surface area contributed by atoms with Gasteiger partial charge in [-0.05, 0) is 110 Å². The number of thiocarbonyl (C=S) groups is 1. The number of esters is 1. The van der Waals surface area contributed by atoms with Crippen LogP contribution in [0.2, 0.25) is 5.02 Å². The summed E-state index contributed by atoms with van der Waals surface area (Å²) in [6, 6.07) is 29.2. The first-order chi connectivity index (χ1) is 45.9. The minimum atomic E-state index is -1.86. The number of ketones is 1. The zero-order chi connectivity index (χ0) is 69.0. The number of aryl methyl sites for hydroxylation is 2. The number of methoxy groups -OCH3 is 1. The van der Waals surface area contributed by atoms with Gasteiger partial charge in [0.05, 0.1) is 62.6 Å². The number of nitrogens with one attached hydrogen (secondary N) is 3. The van der Waals surface area contributed by atoms with Crippen molar-refractivity contribution in [2.75, 3.05) is 86.3 Å². The average Bonchev–Trinajstić information content (AvgIpc) is 1.58. The van der Waals surface area contributed by atoms with Gasteiger partial charge in [0.1, 0.15) is 48.4 Å². The highest BCUT2D eigenvalue weighted by Gasteiger charge is 2.64. The van der Waals surface area contributed by atoms with Gasteiger partial charge < -0.3 is 63.3 Å². The zero-order valence-corrected chi connectivity index (χ0v) is 58.1. The monoisotopic (exact) mass is 1360 g/mol. The Kier molecular flexibility index (Phi) is 24.7. The Bertz CT molecular complexity index is 3670. The van der Waals surface area contributed by atoms with Gasteiger partial charge in [0.15, 0.2) is 10.8 Å². The highest BCUT2D eigenvalue weighted by atomic mass is 35.5. The van der Waals surface area contributed by atoms with E-state index in [1.165, 1.54) is 30.9 Å². The van der Waals surface area contributed by atoms with Crippen molar-refractivity contribution in [3.63, 3.8) is 0 Å². The molecular weight excluding hydrogens is 1270 g/mol. The molecule has 516 valence electrons. The van der Waals surface area contributed by atoms with Crippen molar-refractivity contribution in [1.29, 1.82) is 0 Å². The normalized spacial score (nSPS) is 22.9. The number of Topliss-reactive ketones (excluding diaryl/α,β-unsaturated/α-hetero) is 1. The van der Waals surface area contributed by atoms with Crippen molar-refractivity contribution in [2.24, 2.45) is 5.92 Å². The largest absolute Gasteiger partial charge is 0.457 e. The molecule has 96 heavy (non-hydrogen) atoms. The highest BCUT2D eigenvalue weighted by molar-refractivity contribution is 7.80. The maximum atomic E-state index is 14.4. The van der Waals surface area contributed by atoms with Crippen molar-refractivity contribution >= 4 is 81.1 Å². The number of ether oxygens (including phenoxy) is 7. The third-order valence-corrected chi connectivity index (χ3v) is 19.5. The van der Waals surface area contributed by atoms with E-state index in [9.17, 15) is 33.9 Å². The van der Waals surface area contributed by atoms with Crippen LogP contribution >= 0.6 is 23.8 Å². The van der Waals surface area contributed by atoms with Gasteiger partial charge in [-0.25, -0.2) is 14.6 Å². The van der Waals surface area contributed by atoms with Crippen LogP contribution in [-0.4, -0.2) is 188 Å². The number of halogens is 1. The number of hydrazine groups is 1. The highest BCUT2D eigenvalue weighted by Crippen LogP contribution is 2.50. The van der Waals surface area contributed by atoms with E-state index in [2.05, 4.69) is 50.8 Å². The molecule has 4 N–H and O–H groups in total. The molecule has 4 heterocycles. The van der Waals surface area contributed by atoms with Crippen molar-refractivity contribution in [1.82, 2.24) is 35.4 Å². The van der Waals surface area contributed by atoms with E-state index in [-0.39, 0.29) is 69.4 Å². The van der Waals surface area contributed by atoms with Crippen molar-refractivity contribution < 1.29 is 67.0 Å². The van der Waals surface area contributed by atoms with Crippen LogP contribution in [0.25, 0.3) is 22.0 Å². The summed E-state index contributed by atoms with van der Waals surface area (Å²) in [6.07, 6.45) is 1.77. The Morgan fingerprint density at radius 1 is 0.885 bits per heavy atom. The number of anilines is 1. The number of allylic oxidation sites excluding steroid dienone is 3. The van der Waals surface area contributed by atoms with Crippen LogP contribution in [0.3, 0.4) is 0 Å². The number of nitrogens with zero attached hydrogens (tertiary/aromatic N) is 5. The lowest BCUT2D eigenvalue weighted by molar-refractivity contribution is -0.162. The number of epoxide rings is 1. The first-order valence-corrected chi connectivity index (χ1v) is 33.5. The summed E-state index contributed by atoms with van der Waals surface area (Å²) in [5, 5.41) is 26.0. The Labute approximate surface area is 572 Å². The number of alkyl carbamates (subject to hydrolysis) is 1. The van der Waals surface area contributed by atoms with Gasteiger partial charge in [0.25, 0.3) is 5.91 Å². The fraction of sp³-hybridized carbons (Fsp3) is 0.486. The minimum Gasteiger partial charge on any atom is -0.457 e. The van der Waals surface area contributed by atoms with E-state index >= 15 is 0 Å². The third kappa shape index (κ3) is 17.6. The minimum absolute atomic E-state index is 0.0413. The second-order valence-electron chi connectivity index (χ2n) is 25.5. The number of hydrogen-bond donors (Lipinski definition) is 4. The summed E-state index contributed by atoms with van der Waals surface area (Å²) in [5.41, 5.74) is 6.29. The SMILES string of the molecule is CO[C@@H]1/C=C/C=C(\C)Cc2cc(C)c(Cl)c(c2)N(C)C(=O)C[C@H](OC(=O)[C@H](C)N(C)C(=O)CCOCCOCCNC(=S)NCCCC(=O)CCn2c(CN(C)N(C)C(=O)COC3c4ccccc4-c4ccccc43)cc3ccccc32)[C@]2(C)OC2[C@H](C)[C@@H]2C[C@]1(O)NC(=O)O2. The molecule has 1 aliphatic carbocycles. The molecule has 8 atom stereocenters. The number of amides is 4. The number of aromatic nitrogens is 1. The van der Waals surface area contributed by atoms with E-state index in [4.69, 9.17) is 57.0 Å². The lowest BCUT2D eigenvalue weighted by Gasteiger charge is -2.42. The molecule has 9 rings (SSSR count). The summed E-state index contributed by atoms with van der Waals surface area (Å²) in [6.45, 7) is 11.5. The van der Waals surface area contributed by atoms with Crippen LogP contribution in [0.1, 0.15) is 100 Å². The fourth-order valence-corrected chi connectivity index (χ4v) is 13.2. The molecular formula is C72H91ClN8O14S. The molecule has 3 aliphatic heterocycles. The van der Waals surface area contributed by atoms with Gasteiger partial charge in [0, 0.05) is 91.3 Å². The topological polar surface area (TPSA) is 245 Å². The van der Waals surface area contributed by atoms with Crippen molar-refractivity contribution in [3.05, 3.63) is 148 Å². The van der Waals surface area contributed by atoms with Crippen molar-refractivity contribution in [2.45, 2.75) is 141 Å². The Hall–Kier alpha value is -7.58. The standard InChI is InChI=1S/C72H91ClN8O14S/c1-45-19-17-27-60(89-10)72(88)42-59(93-70(87)76-72)47(3)67-71(5,95-67)61(41-63(84)79(8)58-39-49(37-45)38-46(2)65(58)73)94-68(86)48(4)78(7)62(83)29-33-90-35-36-91-34-31-75-69(96)74-30-18-21-52(82)28-32-81-51(40-50-20-11-16-26-57(50)81)43-77(6)80(9)64(85)44-92-66-55-24-14-12-22-53(55)54-23-13-15-25-56(54)66/h11-17,19-20,22-27,38-40,47-48,59-61,66-67,88H,18,21,28-37,41-44H2,1-10H3,(H,76,87)(H2,74,75,96)/b27-17+,45-19+/t47-,48+,59+,60-,61+,67?,71+,72-/m1/s1. The maximum Gasteiger partial charge on any atom is 0.409 e. The number of likely N-dealkylation sites (N-methyl/N-ethyl adjacent to an activating group) is 2. The molecule has 24 heteroatoms. The van der Waals surface area contributed by atoms with Gasteiger partial charge in [-0.2, -0.15) is 0 Å². The first-order valence-electron chi connectivity index (χ1n) is 32.7. The quantitative estimate of drug-likeness (QED) is 0.0133. The van der Waals surface area contributed by atoms with E-state index in [0.29, 0.717) is 74.3 Å². The Morgan fingerprint density at radius 3 is 2.28 bits per heavy atom. The molecule has 0 spiro atoms. The van der Waals surface area contributed by atoms with Gasteiger partial charge in [0.2, 0.25) is 11.8 Å². The average molecular weight is 1360 g/mol. The van der Waals surface area contributed by atoms with Crippen LogP contribution in [0, 0.1) is 12.8 Å². The van der Waals surface area contributed by atoms with Crippen molar-refractivity contribution in [3.8, 4) is 11.1 Å². The number of carbonyl (C=O) groups excluding carboxylic acids is 6. The van der Waals surface area contributed by atoms with Crippen LogP contribution in [0.15, 0.2) is 115 Å². The summed E-state index contributed by atoms with van der Waals surface area (Å²) in [7, 11) is 8.14. The zero-order valence-electron chi connectivity index (χ0n) is 56.5. The molecule has 4 aromatic carbocycles. The Balaban J connectivity index is 0.667. The number of hydrogen-bond acceptors (Lipinski definition) is 16. The smallest absolute Gasteiger partial charge is 0.409 e. The second-order valence-corrected chi connectivity index (χ2v) is 26.3. The summed E-state index contributed by atoms with van der Waals surface area (Å²) in [4.78, 5) is 84.5.